The fourth-order valence-corrected chi connectivity index (χ4v) is 8.01. The lowest BCUT2D eigenvalue weighted by Gasteiger charge is -2.66. The molecule has 8 atom stereocenters. The Labute approximate surface area is 204 Å². The van der Waals surface area contributed by atoms with E-state index in [0.29, 0.717) is 18.4 Å². The molecular formula is C26H36N2O7. The number of primary amides is 1. The highest BCUT2D eigenvalue weighted by atomic mass is 16.4. The van der Waals surface area contributed by atoms with Gasteiger partial charge in [-0.1, -0.05) is 34.6 Å². The van der Waals surface area contributed by atoms with E-state index in [-0.39, 0.29) is 29.3 Å². The number of carbonyl (C=O) groups is 3. The van der Waals surface area contributed by atoms with Crippen molar-refractivity contribution in [3.8, 4) is 5.75 Å². The maximum atomic E-state index is 13.9. The smallest absolute Gasteiger partial charge is 0.230 e. The van der Waals surface area contributed by atoms with Crippen LogP contribution in [0.4, 0.5) is 5.69 Å². The highest BCUT2D eigenvalue weighted by molar-refractivity contribution is 6.09. The molecule has 2 fully saturated rings. The van der Waals surface area contributed by atoms with E-state index in [1.165, 1.54) is 0 Å². The Morgan fingerprint density at radius 3 is 2.34 bits per heavy atom. The largest absolute Gasteiger partial charge is 0.505 e. The quantitative estimate of drug-likeness (QED) is 0.204. The third kappa shape index (κ3) is 3.01. The molecule has 0 saturated heterocycles. The van der Waals surface area contributed by atoms with Gasteiger partial charge < -0.3 is 31.9 Å². The second-order valence-electron chi connectivity index (χ2n) is 11.7. The number of amides is 1. The van der Waals surface area contributed by atoms with Crippen molar-refractivity contribution in [2.45, 2.75) is 71.7 Å². The van der Waals surface area contributed by atoms with Crippen LogP contribution < -0.4 is 11.5 Å². The summed E-state index contributed by atoms with van der Waals surface area (Å²) in [6.07, 6.45) is -2.35. The van der Waals surface area contributed by atoms with E-state index in [2.05, 4.69) is 0 Å². The number of fused-ring (bicyclic) bond motifs is 3. The standard InChI is InChI=1S/C26H36N2O7/c1-6-11-7-13(27)18(29)14-12(11)8-24(4)9-25(5)16(10(2)3)20(31)15(23(28)34)21(32)26(25,35)22(33)17(24)19(14)30/h7,10,15-17,20,22,29,31,33,35H,6,8-9,27H2,1-5H3,(H2,28,34)/t15-,16+,17-,20?,22?,24-,25-,26+/m1/s1. The van der Waals surface area contributed by atoms with Gasteiger partial charge in [0.1, 0.15) is 17.8 Å². The fourth-order valence-electron chi connectivity index (χ4n) is 8.01. The molecule has 1 aromatic carbocycles. The van der Waals surface area contributed by atoms with Gasteiger partial charge in [-0.25, -0.2) is 0 Å². The maximum Gasteiger partial charge on any atom is 0.230 e. The number of anilines is 1. The predicted octanol–water partition coefficient (Wildman–Crippen LogP) is 0.717. The van der Waals surface area contributed by atoms with Crippen LogP contribution in [0.15, 0.2) is 6.07 Å². The van der Waals surface area contributed by atoms with Crippen molar-refractivity contribution < 1.29 is 34.8 Å². The Bertz CT molecular complexity index is 1130. The van der Waals surface area contributed by atoms with E-state index in [1.54, 1.807) is 13.0 Å². The molecule has 35 heavy (non-hydrogen) atoms. The summed E-state index contributed by atoms with van der Waals surface area (Å²) < 4.78 is 0. The molecule has 3 aliphatic rings. The van der Waals surface area contributed by atoms with Crippen LogP contribution in [0.2, 0.25) is 0 Å². The van der Waals surface area contributed by atoms with Crippen molar-refractivity contribution >= 4 is 23.2 Å². The first-order chi connectivity index (χ1) is 16.1. The number of aryl methyl sites for hydroxylation is 1. The molecular weight excluding hydrogens is 452 g/mol. The van der Waals surface area contributed by atoms with Crippen molar-refractivity contribution in [2.24, 2.45) is 40.2 Å². The van der Waals surface area contributed by atoms with Crippen molar-refractivity contribution in [2.75, 3.05) is 5.73 Å². The zero-order chi connectivity index (χ0) is 26.4. The van der Waals surface area contributed by atoms with Crippen molar-refractivity contribution in [1.29, 1.82) is 0 Å². The van der Waals surface area contributed by atoms with Gasteiger partial charge in [0.05, 0.1) is 23.3 Å². The summed E-state index contributed by atoms with van der Waals surface area (Å²) in [6.45, 7) is 9.00. The molecule has 192 valence electrons. The molecule has 0 radical (unpaired) electrons. The second-order valence-corrected chi connectivity index (χ2v) is 11.7. The van der Waals surface area contributed by atoms with Gasteiger partial charge in [-0.2, -0.15) is 0 Å². The Morgan fingerprint density at radius 1 is 1.23 bits per heavy atom. The van der Waals surface area contributed by atoms with Crippen LogP contribution in [0, 0.1) is 34.5 Å². The van der Waals surface area contributed by atoms with Gasteiger partial charge in [0.15, 0.2) is 17.2 Å². The molecule has 0 aromatic heterocycles. The van der Waals surface area contributed by atoms with E-state index in [4.69, 9.17) is 11.5 Å². The number of aromatic hydroxyl groups is 1. The van der Waals surface area contributed by atoms with Gasteiger partial charge >= 0.3 is 0 Å². The van der Waals surface area contributed by atoms with Gasteiger partial charge in [0.25, 0.3) is 0 Å². The highest BCUT2D eigenvalue weighted by Crippen LogP contribution is 2.65. The van der Waals surface area contributed by atoms with E-state index < -0.39 is 63.9 Å². The number of hydrogen-bond acceptors (Lipinski definition) is 8. The highest BCUT2D eigenvalue weighted by Gasteiger charge is 2.75. The second kappa shape index (κ2) is 7.75. The zero-order valence-electron chi connectivity index (χ0n) is 20.8. The van der Waals surface area contributed by atoms with E-state index in [1.807, 2.05) is 27.7 Å². The number of nitrogens with two attached hydrogens (primary N) is 2. The molecule has 0 aliphatic heterocycles. The molecule has 9 nitrogen and oxygen atoms in total. The lowest BCUT2D eigenvalue weighted by atomic mass is 9.39. The first-order valence-electron chi connectivity index (χ1n) is 12.2. The first-order valence-corrected chi connectivity index (χ1v) is 12.2. The van der Waals surface area contributed by atoms with Crippen LogP contribution in [-0.4, -0.2) is 55.7 Å². The first kappa shape index (κ1) is 25.6. The van der Waals surface area contributed by atoms with Crippen molar-refractivity contribution in [3.63, 3.8) is 0 Å². The third-order valence-electron chi connectivity index (χ3n) is 9.28. The summed E-state index contributed by atoms with van der Waals surface area (Å²) >= 11 is 0. The molecule has 8 N–H and O–H groups in total. The van der Waals surface area contributed by atoms with E-state index >= 15 is 0 Å². The number of benzene rings is 1. The van der Waals surface area contributed by atoms with Gasteiger partial charge in [-0.05, 0) is 53.7 Å². The Balaban J connectivity index is 1.99. The van der Waals surface area contributed by atoms with Crippen LogP contribution in [0.25, 0.3) is 0 Å². The van der Waals surface area contributed by atoms with Crippen LogP contribution in [-0.2, 0) is 22.4 Å². The summed E-state index contributed by atoms with van der Waals surface area (Å²) in [6, 6.07) is 1.64. The number of rotatable bonds is 3. The maximum absolute atomic E-state index is 13.9. The molecule has 9 heteroatoms. The SMILES string of the molecule is CCc1cc(N)c(O)c2c1C[C@]1(C)C[C@]3(C)[C@@H](C(C)C)C(O)[C@@H](C(N)=O)C(=O)[C@]3(O)C(O)[C@H]1C2=O. The number of phenols is 1. The minimum Gasteiger partial charge on any atom is -0.505 e. The summed E-state index contributed by atoms with van der Waals surface area (Å²) in [7, 11) is 0. The Kier molecular flexibility index (Phi) is 5.67. The monoisotopic (exact) mass is 488 g/mol. The number of carbonyl (C=O) groups excluding carboxylic acids is 3. The minimum atomic E-state index is -2.51. The number of ketones is 2. The number of aliphatic hydroxyl groups excluding tert-OH is 2. The minimum absolute atomic E-state index is 0.00531. The molecule has 2 unspecified atom stereocenters. The lowest BCUT2D eigenvalue weighted by molar-refractivity contribution is -0.265. The van der Waals surface area contributed by atoms with Gasteiger partial charge in [-0.3, -0.25) is 14.4 Å². The normalized spacial score (nSPS) is 40.8. The third-order valence-corrected chi connectivity index (χ3v) is 9.28. The van der Waals surface area contributed by atoms with Crippen molar-refractivity contribution in [1.82, 2.24) is 0 Å². The molecule has 0 spiro atoms. The molecule has 2 saturated carbocycles. The number of nitrogen functional groups attached to an aromatic ring is 1. The number of Topliss-reactive ketones (excluding diaryl/α,β-unsaturated/α-hetero) is 2. The summed E-state index contributed by atoms with van der Waals surface area (Å²) in [4.78, 5) is 39.7. The average Bonchev–Trinajstić information content (AvgIpc) is 2.72. The fraction of sp³-hybridized carbons (Fsp3) is 0.654. The Morgan fingerprint density at radius 2 is 1.83 bits per heavy atom. The summed E-state index contributed by atoms with van der Waals surface area (Å²) in [5, 5.41) is 45.6. The van der Waals surface area contributed by atoms with Crippen LogP contribution in [0.1, 0.15) is 62.5 Å². The zero-order valence-corrected chi connectivity index (χ0v) is 20.8. The molecule has 4 rings (SSSR count). The molecule has 0 bridgehead atoms. The van der Waals surface area contributed by atoms with Gasteiger partial charge in [0.2, 0.25) is 5.91 Å². The number of hydrogen-bond donors (Lipinski definition) is 6. The van der Waals surface area contributed by atoms with E-state index in [9.17, 15) is 34.8 Å². The van der Waals surface area contributed by atoms with Crippen molar-refractivity contribution in [3.05, 3.63) is 22.8 Å². The van der Waals surface area contributed by atoms with Crippen LogP contribution >= 0.6 is 0 Å². The van der Waals surface area contributed by atoms with Crippen LogP contribution in [0.3, 0.4) is 0 Å². The van der Waals surface area contributed by atoms with Gasteiger partial charge in [0, 0.05) is 5.41 Å². The predicted molar refractivity (Wildman–Crippen MR) is 127 cm³/mol. The Hall–Kier alpha value is -2.49. The average molecular weight is 489 g/mol. The van der Waals surface area contributed by atoms with Crippen LogP contribution in [0.5, 0.6) is 5.75 Å². The molecule has 0 heterocycles. The van der Waals surface area contributed by atoms with E-state index in [0.717, 1.165) is 5.56 Å². The number of phenolic OH excluding ortho intramolecular Hbond substituents is 1. The molecule has 1 aromatic rings. The topological polar surface area (TPSA) is 184 Å². The molecule has 3 aliphatic carbocycles. The molecule has 1 amide bonds. The lowest BCUT2D eigenvalue weighted by Crippen LogP contribution is -2.79. The number of aliphatic hydroxyl groups is 3. The van der Waals surface area contributed by atoms with Gasteiger partial charge in [-0.15, -0.1) is 0 Å². The summed E-state index contributed by atoms with van der Waals surface area (Å²) in [5.41, 5.74) is 8.13. The summed E-state index contributed by atoms with van der Waals surface area (Å²) in [5.74, 6) is -7.17.